The zero-order valence-corrected chi connectivity index (χ0v) is 23.8. The Morgan fingerprint density at radius 3 is 2.14 bits per heavy atom. The average Bonchev–Trinajstić information content (AvgIpc) is 2.80. The van der Waals surface area contributed by atoms with E-state index in [4.69, 9.17) is 0 Å². The number of carbonyl (C=O) groups is 2. The van der Waals surface area contributed by atoms with Crippen molar-refractivity contribution in [2.45, 2.75) is 58.2 Å². The van der Waals surface area contributed by atoms with E-state index in [0.29, 0.717) is 12.8 Å². The number of likely N-dealkylation sites (N-methyl/N-ethyl adjacent to an activating group) is 2. The van der Waals surface area contributed by atoms with Crippen molar-refractivity contribution in [1.82, 2.24) is 24.1 Å². The molecule has 0 aliphatic carbocycles. The van der Waals surface area contributed by atoms with Gasteiger partial charge in [-0.1, -0.05) is 51.1 Å². The number of aliphatic hydroxyl groups excluding tert-OH is 1. The van der Waals surface area contributed by atoms with Crippen molar-refractivity contribution in [1.29, 1.82) is 0 Å². The summed E-state index contributed by atoms with van der Waals surface area (Å²) < 4.78 is 28.8. The SMILES string of the molecule is CC[C@](C)(NC(=O)CN(C)C)C(=O)N(C)[C@@H](Cc1ccccc1)[C@H](O)CN(CC(C)C)S(=O)(=O)NC. The number of nitrogens with one attached hydrogen (secondary N) is 2. The molecular weight excluding hydrogens is 482 g/mol. The Balaban J connectivity index is 3.32. The van der Waals surface area contributed by atoms with Crippen molar-refractivity contribution in [3.8, 4) is 0 Å². The lowest BCUT2D eigenvalue weighted by atomic mass is 9.93. The standard InChI is InChI=1S/C25H45N5O5S/c1-9-25(4,27-23(32)18-28(6)7)24(33)29(8)21(15-20-13-11-10-12-14-20)22(31)17-30(16-19(2)3)36(34,35)26-5/h10-14,19,21-22,26,31H,9,15-18H2,1-8H3,(H,27,32)/t21-,22+,25-/m0/s1. The largest absolute Gasteiger partial charge is 0.390 e. The van der Waals surface area contributed by atoms with Gasteiger partial charge < -0.3 is 20.2 Å². The molecule has 10 nitrogen and oxygen atoms in total. The predicted molar refractivity (Wildman–Crippen MR) is 142 cm³/mol. The van der Waals surface area contributed by atoms with E-state index in [-0.39, 0.29) is 37.4 Å². The highest BCUT2D eigenvalue weighted by atomic mass is 32.2. The Labute approximate surface area is 217 Å². The van der Waals surface area contributed by atoms with Gasteiger partial charge in [-0.3, -0.25) is 9.59 Å². The molecule has 206 valence electrons. The van der Waals surface area contributed by atoms with Crippen LogP contribution < -0.4 is 10.0 Å². The minimum Gasteiger partial charge on any atom is -0.390 e. The Bertz CT molecular complexity index is 941. The zero-order chi connectivity index (χ0) is 27.7. The predicted octanol–water partition coefficient (Wildman–Crippen LogP) is 0.686. The second-order valence-electron chi connectivity index (χ2n) is 10.1. The molecule has 36 heavy (non-hydrogen) atoms. The van der Waals surface area contributed by atoms with Crippen LogP contribution in [0.1, 0.15) is 39.7 Å². The van der Waals surface area contributed by atoms with Crippen molar-refractivity contribution < 1.29 is 23.1 Å². The Morgan fingerprint density at radius 1 is 1.08 bits per heavy atom. The molecule has 0 aromatic heterocycles. The first-order valence-corrected chi connectivity index (χ1v) is 13.7. The summed E-state index contributed by atoms with van der Waals surface area (Å²) in [5, 5.41) is 14.2. The zero-order valence-electron chi connectivity index (χ0n) is 23.0. The van der Waals surface area contributed by atoms with Gasteiger partial charge in [0.2, 0.25) is 11.8 Å². The van der Waals surface area contributed by atoms with E-state index in [9.17, 15) is 23.1 Å². The first kappa shape index (κ1) is 32.0. The summed E-state index contributed by atoms with van der Waals surface area (Å²) in [5.41, 5.74) is -0.298. The van der Waals surface area contributed by atoms with Crippen LogP contribution >= 0.6 is 0 Å². The molecule has 1 aromatic carbocycles. The number of rotatable bonds is 15. The molecule has 0 saturated heterocycles. The summed E-state index contributed by atoms with van der Waals surface area (Å²) in [5.74, 6) is -0.610. The van der Waals surface area contributed by atoms with E-state index in [1.54, 1.807) is 33.0 Å². The van der Waals surface area contributed by atoms with Crippen molar-refractivity contribution in [2.24, 2.45) is 5.92 Å². The third kappa shape index (κ3) is 9.44. The fourth-order valence-corrected chi connectivity index (χ4v) is 5.09. The second-order valence-corrected chi connectivity index (χ2v) is 12.0. The van der Waals surface area contributed by atoms with Crippen LogP contribution in [-0.2, 0) is 26.2 Å². The summed E-state index contributed by atoms with van der Waals surface area (Å²) in [7, 11) is 2.65. The molecule has 0 heterocycles. The number of amides is 2. The van der Waals surface area contributed by atoms with Crippen LogP contribution in [0, 0.1) is 5.92 Å². The number of hydrogen-bond acceptors (Lipinski definition) is 6. The highest BCUT2D eigenvalue weighted by Crippen LogP contribution is 2.20. The molecule has 3 N–H and O–H groups in total. The van der Waals surface area contributed by atoms with Crippen molar-refractivity contribution >= 4 is 22.0 Å². The van der Waals surface area contributed by atoms with Gasteiger partial charge in [0.1, 0.15) is 5.54 Å². The molecule has 0 unspecified atom stereocenters. The van der Waals surface area contributed by atoms with E-state index in [2.05, 4.69) is 10.0 Å². The smallest absolute Gasteiger partial charge is 0.279 e. The molecule has 0 radical (unpaired) electrons. The van der Waals surface area contributed by atoms with Gasteiger partial charge in [0.05, 0.1) is 18.7 Å². The Morgan fingerprint density at radius 2 is 1.67 bits per heavy atom. The van der Waals surface area contributed by atoms with E-state index in [1.807, 2.05) is 51.1 Å². The molecule has 0 saturated carbocycles. The van der Waals surface area contributed by atoms with Crippen molar-refractivity contribution in [2.75, 3.05) is 47.8 Å². The molecule has 3 atom stereocenters. The van der Waals surface area contributed by atoms with Gasteiger partial charge in [-0.05, 0) is 45.3 Å². The lowest BCUT2D eigenvalue weighted by Gasteiger charge is -2.40. The normalized spacial score (nSPS) is 15.6. The van der Waals surface area contributed by atoms with E-state index < -0.39 is 27.9 Å². The van der Waals surface area contributed by atoms with Crippen molar-refractivity contribution in [3.63, 3.8) is 0 Å². The summed E-state index contributed by atoms with van der Waals surface area (Å²) in [6, 6.07) is 8.67. The highest BCUT2D eigenvalue weighted by Gasteiger charge is 2.40. The number of benzene rings is 1. The van der Waals surface area contributed by atoms with Gasteiger partial charge >= 0.3 is 0 Å². The molecule has 0 aliphatic heterocycles. The van der Waals surface area contributed by atoms with Crippen molar-refractivity contribution in [3.05, 3.63) is 35.9 Å². The lowest BCUT2D eigenvalue weighted by molar-refractivity contribution is -0.144. The molecular formula is C25H45N5O5S. The Kier molecular flexibility index (Phi) is 12.5. The topological polar surface area (TPSA) is 122 Å². The van der Waals surface area contributed by atoms with Gasteiger partial charge in [0.25, 0.3) is 10.2 Å². The second kappa shape index (κ2) is 14.0. The van der Waals surface area contributed by atoms with Crippen LogP contribution in [0.25, 0.3) is 0 Å². The summed E-state index contributed by atoms with van der Waals surface area (Å²) in [6.45, 7) is 7.43. The maximum Gasteiger partial charge on any atom is 0.279 e. The lowest BCUT2D eigenvalue weighted by Crippen LogP contribution is -2.62. The number of aliphatic hydroxyl groups is 1. The molecule has 0 bridgehead atoms. The van der Waals surface area contributed by atoms with Crippen LogP contribution in [0.15, 0.2) is 30.3 Å². The van der Waals surface area contributed by atoms with Crippen LogP contribution in [0.3, 0.4) is 0 Å². The minimum absolute atomic E-state index is 0.0301. The average molecular weight is 528 g/mol. The van der Waals surface area contributed by atoms with E-state index >= 15 is 0 Å². The maximum atomic E-state index is 13.7. The van der Waals surface area contributed by atoms with E-state index in [1.165, 1.54) is 16.3 Å². The van der Waals surface area contributed by atoms with Crippen LogP contribution in [0.4, 0.5) is 0 Å². The van der Waals surface area contributed by atoms with Gasteiger partial charge in [-0.2, -0.15) is 12.7 Å². The third-order valence-corrected chi connectivity index (χ3v) is 7.66. The van der Waals surface area contributed by atoms with Gasteiger partial charge in [0.15, 0.2) is 0 Å². The molecule has 0 spiro atoms. The molecule has 0 fully saturated rings. The molecule has 0 aliphatic rings. The summed E-state index contributed by atoms with van der Waals surface area (Å²) >= 11 is 0. The Hall–Kier alpha value is -2.05. The first-order valence-electron chi connectivity index (χ1n) is 12.3. The molecule has 11 heteroatoms. The molecule has 1 aromatic rings. The third-order valence-electron chi connectivity index (χ3n) is 6.16. The summed E-state index contributed by atoms with van der Waals surface area (Å²) in [4.78, 5) is 29.4. The molecule has 1 rings (SSSR count). The van der Waals surface area contributed by atoms with Crippen LogP contribution in [0.5, 0.6) is 0 Å². The van der Waals surface area contributed by atoms with Crippen LogP contribution in [0.2, 0.25) is 0 Å². The van der Waals surface area contributed by atoms with Gasteiger partial charge in [-0.25, -0.2) is 4.72 Å². The maximum absolute atomic E-state index is 13.7. The monoisotopic (exact) mass is 527 g/mol. The number of nitrogens with zero attached hydrogens (tertiary/aromatic N) is 3. The highest BCUT2D eigenvalue weighted by molar-refractivity contribution is 7.87. The summed E-state index contributed by atoms with van der Waals surface area (Å²) in [6.07, 6.45) is -0.526. The molecule has 2 amide bonds. The fraction of sp³-hybridized carbons (Fsp3) is 0.680. The fourth-order valence-electron chi connectivity index (χ4n) is 3.99. The van der Waals surface area contributed by atoms with E-state index in [0.717, 1.165) is 5.56 Å². The number of carbonyl (C=O) groups excluding carboxylic acids is 2. The quantitative estimate of drug-likeness (QED) is 0.308. The first-order chi connectivity index (χ1) is 16.7. The van der Waals surface area contributed by atoms with Gasteiger partial charge in [-0.15, -0.1) is 0 Å². The van der Waals surface area contributed by atoms with Crippen LogP contribution in [-0.4, -0.2) is 105 Å². The van der Waals surface area contributed by atoms with Gasteiger partial charge in [0, 0.05) is 27.2 Å². The minimum atomic E-state index is -3.81. The number of hydrogen-bond donors (Lipinski definition) is 3.